The van der Waals surface area contributed by atoms with E-state index in [0.717, 1.165) is 61.6 Å². The molecule has 5 nitrogen and oxygen atoms in total. The average Bonchev–Trinajstić information content (AvgIpc) is 3.79. The van der Waals surface area contributed by atoms with Crippen molar-refractivity contribution in [1.82, 2.24) is 23.7 Å². The van der Waals surface area contributed by atoms with Crippen LogP contribution in [0.3, 0.4) is 0 Å². The highest BCUT2D eigenvalue weighted by Gasteiger charge is 2.18. The summed E-state index contributed by atoms with van der Waals surface area (Å²) in [5, 5.41) is 4.90. The third-order valence-corrected chi connectivity index (χ3v) is 10.1. The number of benzene rings is 7. The van der Waals surface area contributed by atoms with Crippen LogP contribution in [0.25, 0.3) is 94.2 Å². The quantitative estimate of drug-likeness (QED) is 0.194. The van der Waals surface area contributed by atoms with Gasteiger partial charge in [0.05, 0.1) is 33.1 Å². The summed E-state index contributed by atoms with van der Waals surface area (Å²) in [6.07, 6.45) is 0. The van der Waals surface area contributed by atoms with Crippen molar-refractivity contribution in [1.29, 1.82) is 0 Å². The minimum absolute atomic E-state index is 0.945. The number of fused-ring (bicyclic) bond motifs is 6. The highest BCUT2D eigenvalue weighted by Crippen LogP contribution is 2.39. The molecule has 0 saturated carbocycles. The minimum atomic E-state index is 0.945. The summed E-state index contributed by atoms with van der Waals surface area (Å²) in [6, 6.07) is 54.3. The van der Waals surface area contributed by atoms with E-state index in [0.29, 0.717) is 0 Å². The topological polar surface area (TPSA) is 40.6 Å². The fraction of sp³-hybridized carbons (Fsp3) is 0.0455. The third-order valence-electron chi connectivity index (χ3n) is 10.1. The van der Waals surface area contributed by atoms with Crippen molar-refractivity contribution in [3.05, 3.63) is 152 Å². The van der Waals surface area contributed by atoms with Crippen molar-refractivity contribution in [2.45, 2.75) is 0 Å². The molecular formula is C44H31N5. The predicted octanol–water partition coefficient (Wildman–Crippen LogP) is 10.7. The summed E-state index contributed by atoms with van der Waals surface area (Å²) in [6.45, 7) is 0. The lowest BCUT2D eigenvalue weighted by atomic mass is 9.97. The molecule has 0 fully saturated rings. The molecule has 0 radical (unpaired) electrons. The Kier molecular flexibility index (Phi) is 5.94. The maximum atomic E-state index is 5.06. The van der Waals surface area contributed by atoms with Crippen LogP contribution in [0.15, 0.2) is 152 Å². The van der Waals surface area contributed by atoms with Crippen LogP contribution < -0.4 is 0 Å². The number of aromatic nitrogens is 5. The van der Waals surface area contributed by atoms with Gasteiger partial charge in [0.25, 0.3) is 0 Å². The molecule has 5 heteroatoms. The first-order valence-corrected chi connectivity index (χ1v) is 16.6. The summed E-state index contributed by atoms with van der Waals surface area (Å²) < 4.78 is 6.79. The van der Waals surface area contributed by atoms with Crippen LogP contribution in [0.1, 0.15) is 0 Å². The molecule has 0 saturated heterocycles. The Bertz CT molecular complexity index is 2910. The van der Waals surface area contributed by atoms with Gasteiger partial charge in [-0.25, -0.2) is 9.97 Å². The molecule has 232 valence electrons. The van der Waals surface area contributed by atoms with Gasteiger partial charge in [0.2, 0.25) is 0 Å². The van der Waals surface area contributed by atoms with Crippen molar-refractivity contribution in [3.8, 4) is 39.6 Å². The van der Waals surface area contributed by atoms with Gasteiger partial charge in [0, 0.05) is 41.7 Å². The molecule has 7 aromatic carbocycles. The Labute approximate surface area is 282 Å². The number of imidazole rings is 2. The van der Waals surface area contributed by atoms with Crippen molar-refractivity contribution < 1.29 is 0 Å². The SMILES string of the molecule is Cn1c(-c2cccc(-n3c4cc(-c5cccc6ccccc56)ccc4c4ccc(-c5nc6ccccc6n5C)cc43)c2)nc2ccccc21. The number of rotatable bonds is 4. The highest BCUT2D eigenvalue weighted by molar-refractivity contribution is 6.12. The van der Waals surface area contributed by atoms with E-state index < -0.39 is 0 Å². The Morgan fingerprint density at radius 3 is 1.65 bits per heavy atom. The van der Waals surface area contributed by atoms with Crippen molar-refractivity contribution in [3.63, 3.8) is 0 Å². The van der Waals surface area contributed by atoms with E-state index in [1.807, 2.05) is 12.1 Å². The predicted molar refractivity (Wildman–Crippen MR) is 203 cm³/mol. The van der Waals surface area contributed by atoms with Crippen LogP contribution in [-0.2, 0) is 14.1 Å². The number of para-hydroxylation sites is 4. The van der Waals surface area contributed by atoms with E-state index >= 15 is 0 Å². The monoisotopic (exact) mass is 629 g/mol. The summed E-state index contributed by atoms with van der Waals surface area (Å²) in [5.74, 6) is 1.89. The van der Waals surface area contributed by atoms with Gasteiger partial charge in [-0.15, -0.1) is 0 Å². The van der Waals surface area contributed by atoms with Gasteiger partial charge in [-0.1, -0.05) is 103 Å². The first kappa shape index (κ1) is 27.6. The number of hydrogen-bond acceptors (Lipinski definition) is 2. The average molecular weight is 630 g/mol. The van der Waals surface area contributed by atoms with Crippen LogP contribution in [-0.4, -0.2) is 23.7 Å². The van der Waals surface area contributed by atoms with Crippen LogP contribution in [0, 0.1) is 0 Å². The van der Waals surface area contributed by atoms with Gasteiger partial charge in [-0.2, -0.15) is 0 Å². The third kappa shape index (κ3) is 4.19. The number of nitrogens with zero attached hydrogens (tertiary/aromatic N) is 5. The Morgan fingerprint density at radius 2 is 0.959 bits per heavy atom. The number of aryl methyl sites for hydroxylation is 2. The van der Waals surface area contributed by atoms with E-state index in [2.05, 4.69) is 167 Å². The summed E-state index contributed by atoms with van der Waals surface area (Å²) in [4.78, 5) is 10.1. The fourth-order valence-corrected chi connectivity index (χ4v) is 7.67. The molecule has 0 aliphatic heterocycles. The van der Waals surface area contributed by atoms with Gasteiger partial charge < -0.3 is 13.7 Å². The van der Waals surface area contributed by atoms with Crippen molar-refractivity contribution >= 4 is 54.6 Å². The van der Waals surface area contributed by atoms with Crippen molar-refractivity contribution in [2.75, 3.05) is 0 Å². The Hall–Kier alpha value is -6.46. The normalized spacial score (nSPS) is 11.9. The Morgan fingerprint density at radius 1 is 0.408 bits per heavy atom. The molecule has 0 aliphatic rings. The lowest BCUT2D eigenvalue weighted by Crippen LogP contribution is -1.98. The van der Waals surface area contributed by atoms with Gasteiger partial charge in [-0.05, 0) is 70.4 Å². The molecule has 10 aromatic rings. The van der Waals surface area contributed by atoms with Crippen LogP contribution >= 0.6 is 0 Å². The standard InChI is InChI=1S/C44H31N5/c1-47-39-19-7-5-17-37(39)45-43(47)30-13-9-14-32(25-30)49-41-26-29(34-16-10-12-28-11-3-4-15-33(28)34)21-23-35(41)36-24-22-31(27-42(36)49)44-46-38-18-6-8-20-40(38)48(44)2/h3-27H,1-2H3. The molecular weight excluding hydrogens is 599 g/mol. The zero-order valence-electron chi connectivity index (χ0n) is 27.2. The van der Waals surface area contributed by atoms with Crippen molar-refractivity contribution in [2.24, 2.45) is 14.1 Å². The largest absolute Gasteiger partial charge is 0.327 e. The van der Waals surface area contributed by atoms with Gasteiger partial charge >= 0.3 is 0 Å². The summed E-state index contributed by atoms with van der Waals surface area (Å²) in [5.41, 5.74) is 12.2. The van der Waals surface area contributed by atoms with Gasteiger partial charge in [-0.3, -0.25) is 0 Å². The number of hydrogen-bond donors (Lipinski definition) is 0. The van der Waals surface area contributed by atoms with E-state index in [1.54, 1.807) is 0 Å². The van der Waals surface area contributed by atoms with E-state index in [1.165, 1.54) is 32.7 Å². The smallest absolute Gasteiger partial charge is 0.140 e. The molecule has 0 aliphatic carbocycles. The van der Waals surface area contributed by atoms with Gasteiger partial charge in [0.15, 0.2) is 0 Å². The van der Waals surface area contributed by atoms with E-state index in [-0.39, 0.29) is 0 Å². The molecule has 0 bridgehead atoms. The minimum Gasteiger partial charge on any atom is -0.327 e. The zero-order valence-corrected chi connectivity index (χ0v) is 27.2. The molecule has 49 heavy (non-hydrogen) atoms. The first-order chi connectivity index (χ1) is 24.1. The summed E-state index contributed by atoms with van der Waals surface area (Å²) in [7, 11) is 4.19. The lowest BCUT2D eigenvalue weighted by Gasteiger charge is -2.12. The molecule has 0 spiro atoms. The molecule has 3 heterocycles. The second-order valence-electron chi connectivity index (χ2n) is 12.8. The highest BCUT2D eigenvalue weighted by atomic mass is 15.1. The maximum absolute atomic E-state index is 5.06. The van der Waals surface area contributed by atoms with E-state index in [9.17, 15) is 0 Å². The summed E-state index contributed by atoms with van der Waals surface area (Å²) >= 11 is 0. The zero-order chi connectivity index (χ0) is 32.6. The van der Waals surface area contributed by atoms with E-state index in [4.69, 9.17) is 9.97 Å². The molecule has 3 aromatic heterocycles. The second kappa shape index (κ2) is 10.5. The molecule has 10 rings (SSSR count). The molecule has 0 amide bonds. The maximum Gasteiger partial charge on any atom is 0.140 e. The fourth-order valence-electron chi connectivity index (χ4n) is 7.67. The lowest BCUT2D eigenvalue weighted by molar-refractivity contribution is 0.958. The molecule has 0 atom stereocenters. The molecule has 0 N–H and O–H groups in total. The molecule has 0 unspecified atom stereocenters. The van der Waals surface area contributed by atoms with Crippen LogP contribution in [0.4, 0.5) is 0 Å². The van der Waals surface area contributed by atoms with Crippen LogP contribution in [0.5, 0.6) is 0 Å². The first-order valence-electron chi connectivity index (χ1n) is 16.6. The van der Waals surface area contributed by atoms with Crippen LogP contribution in [0.2, 0.25) is 0 Å². The second-order valence-corrected chi connectivity index (χ2v) is 12.8. The Balaban J connectivity index is 1.24. The van der Waals surface area contributed by atoms with Gasteiger partial charge in [0.1, 0.15) is 11.6 Å².